The Labute approximate surface area is 145 Å². The van der Waals surface area contributed by atoms with Crippen LogP contribution < -0.4 is 10.6 Å². The fourth-order valence-electron chi connectivity index (χ4n) is 3.59. The molecule has 25 heavy (non-hydrogen) atoms. The van der Waals surface area contributed by atoms with Crippen LogP contribution >= 0.6 is 0 Å². The lowest BCUT2D eigenvalue weighted by Gasteiger charge is -2.48. The quantitative estimate of drug-likeness (QED) is 0.871. The third-order valence-electron chi connectivity index (χ3n) is 4.96. The first kappa shape index (κ1) is 18.0. The largest absolute Gasteiger partial charge is 0.413 e. The van der Waals surface area contributed by atoms with E-state index in [1.54, 1.807) is 23.1 Å². The number of hydrogen-bond acceptors (Lipinski definition) is 3. The topological polar surface area (TPSA) is 47.6 Å². The summed E-state index contributed by atoms with van der Waals surface area (Å²) >= 11 is 0. The molecule has 0 saturated carbocycles. The van der Waals surface area contributed by atoms with Gasteiger partial charge in [-0.05, 0) is 12.0 Å². The molecule has 0 spiro atoms. The molecule has 1 aromatic rings. The number of carbonyl (C=O) groups excluding carboxylic acids is 1. The van der Waals surface area contributed by atoms with Crippen molar-refractivity contribution in [3.63, 3.8) is 0 Å². The Morgan fingerprint density at radius 3 is 2.52 bits per heavy atom. The van der Waals surface area contributed by atoms with Gasteiger partial charge in [-0.15, -0.1) is 0 Å². The van der Waals surface area contributed by atoms with Gasteiger partial charge >= 0.3 is 12.2 Å². The molecule has 138 valence electrons. The number of alkyl halides is 3. The van der Waals surface area contributed by atoms with E-state index in [0.717, 1.165) is 31.0 Å². The van der Waals surface area contributed by atoms with Crippen LogP contribution in [0.4, 0.5) is 18.0 Å². The van der Waals surface area contributed by atoms with E-state index in [9.17, 15) is 18.0 Å². The van der Waals surface area contributed by atoms with Gasteiger partial charge in [0.2, 0.25) is 0 Å². The van der Waals surface area contributed by atoms with Gasteiger partial charge in [-0.25, -0.2) is 4.79 Å². The van der Waals surface area contributed by atoms with Crippen molar-refractivity contribution in [2.45, 2.75) is 30.7 Å². The highest BCUT2D eigenvalue weighted by Gasteiger charge is 2.48. The number of nitrogens with zero attached hydrogens (tertiary/aromatic N) is 2. The summed E-state index contributed by atoms with van der Waals surface area (Å²) in [6.45, 7) is 2.88. The van der Waals surface area contributed by atoms with Crippen molar-refractivity contribution < 1.29 is 18.0 Å². The summed E-state index contributed by atoms with van der Waals surface area (Å²) in [5, 5.41) is 6.59. The van der Waals surface area contributed by atoms with Gasteiger partial charge in [0.25, 0.3) is 0 Å². The van der Waals surface area contributed by atoms with Crippen molar-refractivity contribution in [3.05, 3.63) is 35.9 Å². The average molecular weight is 356 g/mol. The SMILES string of the molecule is CN(C(=O)N1CCC1C1CNCCN1)C(c1ccccc1)C(F)(F)F. The molecule has 8 heteroatoms. The van der Waals surface area contributed by atoms with E-state index in [0.29, 0.717) is 6.54 Å². The minimum atomic E-state index is -4.53. The van der Waals surface area contributed by atoms with Crippen molar-refractivity contribution in [1.29, 1.82) is 0 Å². The predicted molar refractivity (Wildman–Crippen MR) is 88.2 cm³/mol. The molecule has 0 bridgehead atoms. The van der Waals surface area contributed by atoms with Crippen molar-refractivity contribution in [1.82, 2.24) is 20.4 Å². The molecule has 3 rings (SSSR count). The molecule has 2 heterocycles. The molecule has 3 atom stereocenters. The molecular formula is C17H23F3N4O. The summed E-state index contributed by atoms with van der Waals surface area (Å²) < 4.78 is 40.9. The zero-order valence-corrected chi connectivity index (χ0v) is 14.1. The van der Waals surface area contributed by atoms with Crippen molar-refractivity contribution in [3.8, 4) is 0 Å². The third kappa shape index (κ3) is 3.74. The summed E-state index contributed by atoms with van der Waals surface area (Å²) in [6, 6.07) is 5.08. The van der Waals surface area contributed by atoms with Crippen LogP contribution in [-0.2, 0) is 0 Å². The Kier molecular flexibility index (Phi) is 5.19. The van der Waals surface area contributed by atoms with Gasteiger partial charge in [0.1, 0.15) is 0 Å². The van der Waals surface area contributed by atoms with E-state index in [1.807, 2.05) is 0 Å². The molecule has 3 unspecified atom stereocenters. The number of urea groups is 1. The number of carbonyl (C=O) groups is 1. The second-order valence-corrected chi connectivity index (χ2v) is 6.56. The smallest absolute Gasteiger partial charge is 0.320 e. The van der Waals surface area contributed by atoms with E-state index in [1.165, 1.54) is 19.2 Å². The molecular weight excluding hydrogens is 333 g/mol. The maximum absolute atomic E-state index is 13.6. The number of benzene rings is 1. The number of hydrogen-bond donors (Lipinski definition) is 2. The highest BCUT2D eigenvalue weighted by molar-refractivity contribution is 5.76. The monoisotopic (exact) mass is 356 g/mol. The lowest BCUT2D eigenvalue weighted by atomic mass is 9.94. The number of likely N-dealkylation sites (tertiary alicyclic amines) is 1. The third-order valence-corrected chi connectivity index (χ3v) is 4.96. The molecule has 2 amide bonds. The molecule has 0 aliphatic carbocycles. The normalized spacial score (nSPS) is 25.2. The average Bonchev–Trinajstić information content (AvgIpc) is 2.54. The van der Waals surface area contributed by atoms with Crippen LogP contribution in [0.1, 0.15) is 18.0 Å². The minimum absolute atomic E-state index is 0.0626. The predicted octanol–water partition coefficient (Wildman–Crippen LogP) is 1.98. The van der Waals surface area contributed by atoms with Crippen molar-refractivity contribution >= 4 is 6.03 Å². The van der Waals surface area contributed by atoms with Crippen LogP contribution in [0.25, 0.3) is 0 Å². The van der Waals surface area contributed by atoms with E-state index in [4.69, 9.17) is 0 Å². The number of piperazine rings is 1. The van der Waals surface area contributed by atoms with Crippen molar-refractivity contribution in [2.75, 3.05) is 33.2 Å². The highest BCUT2D eigenvalue weighted by Crippen LogP contribution is 2.38. The molecule has 2 saturated heterocycles. The molecule has 5 nitrogen and oxygen atoms in total. The summed E-state index contributed by atoms with van der Waals surface area (Å²) in [5.74, 6) is 0. The highest BCUT2D eigenvalue weighted by atomic mass is 19.4. The summed E-state index contributed by atoms with van der Waals surface area (Å²) in [4.78, 5) is 15.1. The van der Waals surface area contributed by atoms with E-state index < -0.39 is 18.2 Å². The first-order chi connectivity index (χ1) is 11.9. The van der Waals surface area contributed by atoms with Gasteiger partial charge in [-0.3, -0.25) is 0 Å². The van der Waals surface area contributed by atoms with Crippen LogP contribution in [0, 0.1) is 0 Å². The first-order valence-electron chi connectivity index (χ1n) is 8.49. The van der Waals surface area contributed by atoms with Crippen LogP contribution in [0.5, 0.6) is 0 Å². The van der Waals surface area contributed by atoms with Gasteiger partial charge in [0, 0.05) is 39.3 Å². The molecule has 2 aliphatic heterocycles. The second-order valence-electron chi connectivity index (χ2n) is 6.56. The van der Waals surface area contributed by atoms with Gasteiger partial charge < -0.3 is 20.4 Å². The summed E-state index contributed by atoms with van der Waals surface area (Å²) in [5.41, 5.74) is 0.0698. The summed E-state index contributed by atoms with van der Waals surface area (Å²) in [7, 11) is 1.23. The maximum atomic E-state index is 13.6. The number of nitrogens with one attached hydrogen (secondary N) is 2. The van der Waals surface area contributed by atoms with Gasteiger partial charge in [0.15, 0.2) is 6.04 Å². The number of rotatable bonds is 3. The van der Waals surface area contributed by atoms with E-state index in [-0.39, 0.29) is 17.6 Å². The molecule has 1 aromatic carbocycles. The van der Waals surface area contributed by atoms with Gasteiger partial charge in [-0.2, -0.15) is 13.2 Å². The molecule has 2 aliphatic rings. The van der Waals surface area contributed by atoms with Crippen molar-refractivity contribution in [2.24, 2.45) is 0 Å². The lowest BCUT2D eigenvalue weighted by molar-refractivity contribution is -0.177. The Morgan fingerprint density at radius 1 is 1.28 bits per heavy atom. The van der Waals surface area contributed by atoms with E-state index >= 15 is 0 Å². The van der Waals surface area contributed by atoms with Crippen LogP contribution in [0.3, 0.4) is 0 Å². The fourth-order valence-corrected chi connectivity index (χ4v) is 3.59. The minimum Gasteiger partial charge on any atom is -0.320 e. The Balaban J connectivity index is 1.75. The van der Waals surface area contributed by atoms with Gasteiger partial charge in [-0.1, -0.05) is 30.3 Å². The number of amides is 2. The maximum Gasteiger partial charge on any atom is 0.413 e. The fraction of sp³-hybridized carbons (Fsp3) is 0.588. The zero-order valence-electron chi connectivity index (χ0n) is 14.1. The van der Waals surface area contributed by atoms with Gasteiger partial charge in [0.05, 0.1) is 6.04 Å². The first-order valence-corrected chi connectivity index (χ1v) is 8.49. The number of halogens is 3. The van der Waals surface area contributed by atoms with Crippen LogP contribution in [-0.4, -0.2) is 67.3 Å². The molecule has 0 aromatic heterocycles. The van der Waals surface area contributed by atoms with E-state index in [2.05, 4.69) is 10.6 Å². The second kappa shape index (κ2) is 7.21. The molecule has 2 N–H and O–H groups in total. The van der Waals surface area contributed by atoms with Crippen LogP contribution in [0.2, 0.25) is 0 Å². The Hall–Kier alpha value is -1.80. The zero-order chi connectivity index (χ0) is 18.0. The standard InChI is InChI=1S/C17H23F3N4O/c1-23(15(17(18,19)20)12-5-3-2-4-6-12)16(25)24-10-7-14(24)13-11-21-8-9-22-13/h2-6,13-15,21-22H,7-11H2,1H3. The summed E-state index contributed by atoms with van der Waals surface area (Å²) in [6.07, 6.45) is -3.72. The lowest BCUT2D eigenvalue weighted by Crippen LogP contribution is -2.67. The molecule has 2 fully saturated rings. The Bertz CT molecular complexity index is 589. The van der Waals surface area contributed by atoms with Crippen LogP contribution in [0.15, 0.2) is 30.3 Å². The Morgan fingerprint density at radius 2 is 2.00 bits per heavy atom. The molecule has 0 radical (unpaired) electrons.